The zero-order valence-electron chi connectivity index (χ0n) is 9.77. The summed E-state index contributed by atoms with van der Waals surface area (Å²) in [6.07, 6.45) is 3.92. The SMILES string of the molecule is Nc1ccc(Br)cc1C(=O)NCCn1cccc1. The van der Waals surface area contributed by atoms with Crippen molar-refractivity contribution >= 4 is 27.5 Å². The molecule has 5 heteroatoms. The van der Waals surface area contributed by atoms with Gasteiger partial charge in [0.05, 0.1) is 5.56 Å². The van der Waals surface area contributed by atoms with Gasteiger partial charge in [-0.3, -0.25) is 4.79 Å². The Labute approximate surface area is 114 Å². The van der Waals surface area contributed by atoms with E-state index >= 15 is 0 Å². The molecule has 1 heterocycles. The molecule has 1 aromatic carbocycles. The van der Waals surface area contributed by atoms with Gasteiger partial charge in [-0.2, -0.15) is 0 Å². The van der Waals surface area contributed by atoms with Crippen molar-refractivity contribution in [3.8, 4) is 0 Å². The number of nitrogens with one attached hydrogen (secondary N) is 1. The van der Waals surface area contributed by atoms with E-state index in [0.717, 1.165) is 11.0 Å². The topological polar surface area (TPSA) is 60.1 Å². The monoisotopic (exact) mass is 307 g/mol. The van der Waals surface area contributed by atoms with Crippen molar-refractivity contribution in [2.45, 2.75) is 6.54 Å². The van der Waals surface area contributed by atoms with Gasteiger partial charge in [0.25, 0.3) is 5.91 Å². The summed E-state index contributed by atoms with van der Waals surface area (Å²) in [6.45, 7) is 1.31. The van der Waals surface area contributed by atoms with Crippen molar-refractivity contribution in [2.24, 2.45) is 0 Å². The highest BCUT2D eigenvalue weighted by atomic mass is 79.9. The molecule has 0 aliphatic rings. The summed E-state index contributed by atoms with van der Waals surface area (Å²) in [7, 11) is 0. The summed E-state index contributed by atoms with van der Waals surface area (Å²) in [4.78, 5) is 11.9. The van der Waals surface area contributed by atoms with Crippen LogP contribution >= 0.6 is 15.9 Å². The lowest BCUT2D eigenvalue weighted by atomic mass is 10.1. The van der Waals surface area contributed by atoms with E-state index in [1.165, 1.54) is 0 Å². The molecule has 0 atom stereocenters. The third kappa shape index (κ3) is 3.13. The fraction of sp³-hybridized carbons (Fsp3) is 0.154. The molecule has 1 aromatic heterocycles. The van der Waals surface area contributed by atoms with Gasteiger partial charge in [-0.15, -0.1) is 0 Å². The Morgan fingerprint density at radius 1 is 1.33 bits per heavy atom. The standard InChI is InChI=1S/C13H14BrN3O/c14-10-3-4-12(15)11(9-10)13(18)16-5-8-17-6-1-2-7-17/h1-4,6-7,9H,5,8,15H2,(H,16,18). The summed E-state index contributed by atoms with van der Waals surface area (Å²) in [5.41, 5.74) is 6.75. The average molecular weight is 308 g/mol. The third-order valence-electron chi connectivity index (χ3n) is 2.58. The fourth-order valence-electron chi connectivity index (χ4n) is 1.64. The Bertz CT molecular complexity index is 537. The first-order valence-electron chi connectivity index (χ1n) is 5.61. The molecule has 0 saturated heterocycles. The molecule has 0 aliphatic heterocycles. The number of carbonyl (C=O) groups excluding carboxylic acids is 1. The lowest BCUT2D eigenvalue weighted by Crippen LogP contribution is -2.27. The quantitative estimate of drug-likeness (QED) is 0.851. The second-order valence-corrected chi connectivity index (χ2v) is 4.82. The summed E-state index contributed by atoms with van der Waals surface area (Å²) < 4.78 is 2.84. The van der Waals surface area contributed by atoms with Gasteiger partial charge >= 0.3 is 0 Å². The second-order valence-electron chi connectivity index (χ2n) is 3.91. The lowest BCUT2D eigenvalue weighted by molar-refractivity contribution is 0.0953. The maximum atomic E-state index is 11.9. The Hall–Kier alpha value is -1.75. The van der Waals surface area contributed by atoms with E-state index in [9.17, 15) is 4.79 Å². The number of hydrogen-bond acceptors (Lipinski definition) is 2. The summed E-state index contributed by atoms with van der Waals surface area (Å²) in [5.74, 6) is -0.152. The molecular weight excluding hydrogens is 294 g/mol. The number of carbonyl (C=O) groups is 1. The van der Waals surface area contributed by atoms with Gasteiger partial charge < -0.3 is 15.6 Å². The van der Waals surface area contributed by atoms with E-state index in [-0.39, 0.29) is 5.91 Å². The van der Waals surface area contributed by atoms with Gasteiger partial charge in [-0.1, -0.05) is 15.9 Å². The van der Waals surface area contributed by atoms with Gasteiger partial charge in [0, 0.05) is 35.6 Å². The molecule has 0 unspecified atom stereocenters. The number of rotatable bonds is 4. The van der Waals surface area contributed by atoms with E-state index in [1.807, 2.05) is 35.2 Å². The first-order chi connectivity index (χ1) is 8.66. The molecule has 3 N–H and O–H groups in total. The molecule has 0 saturated carbocycles. The van der Waals surface area contributed by atoms with Crippen molar-refractivity contribution < 1.29 is 4.79 Å². The molecule has 2 aromatic rings. The van der Waals surface area contributed by atoms with Crippen LogP contribution in [0, 0.1) is 0 Å². The number of nitrogens with zero attached hydrogens (tertiary/aromatic N) is 1. The third-order valence-corrected chi connectivity index (χ3v) is 3.07. The van der Waals surface area contributed by atoms with Crippen molar-refractivity contribution in [3.05, 3.63) is 52.8 Å². The molecule has 0 bridgehead atoms. The molecule has 2 rings (SSSR count). The average Bonchev–Trinajstić information content (AvgIpc) is 2.85. The van der Waals surface area contributed by atoms with Crippen molar-refractivity contribution in [1.29, 1.82) is 0 Å². The minimum Gasteiger partial charge on any atom is -0.398 e. The predicted molar refractivity (Wildman–Crippen MR) is 75.3 cm³/mol. The van der Waals surface area contributed by atoms with Crippen LogP contribution in [0.1, 0.15) is 10.4 Å². The number of benzene rings is 1. The molecule has 1 amide bonds. The zero-order chi connectivity index (χ0) is 13.0. The molecule has 4 nitrogen and oxygen atoms in total. The smallest absolute Gasteiger partial charge is 0.253 e. The Morgan fingerprint density at radius 3 is 2.78 bits per heavy atom. The van der Waals surface area contributed by atoms with Crippen LogP contribution in [-0.2, 0) is 6.54 Å². The number of nitrogen functional groups attached to an aromatic ring is 1. The van der Waals surface area contributed by atoms with E-state index in [1.54, 1.807) is 12.1 Å². The zero-order valence-corrected chi connectivity index (χ0v) is 11.4. The maximum Gasteiger partial charge on any atom is 0.253 e. The van der Waals surface area contributed by atoms with Crippen LogP contribution in [0.25, 0.3) is 0 Å². The van der Waals surface area contributed by atoms with Crippen LogP contribution in [0.3, 0.4) is 0 Å². The molecule has 0 fully saturated rings. The first kappa shape index (κ1) is 12.7. The van der Waals surface area contributed by atoms with Gasteiger partial charge in [0.15, 0.2) is 0 Å². The second kappa shape index (κ2) is 5.73. The van der Waals surface area contributed by atoms with E-state index in [0.29, 0.717) is 17.8 Å². The Kier molecular flexibility index (Phi) is 4.04. The van der Waals surface area contributed by atoms with Crippen LogP contribution in [0.5, 0.6) is 0 Å². The van der Waals surface area contributed by atoms with Gasteiger partial charge in [-0.25, -0.2) is 0 Å². The van der Waals surface area contributed by atoms with Gasteiger partial charge in [0.1, 0.15) is 0 Å². The lowest BCUT2D eigenvalue weighted by Gasteiger charge is -2.08. The number of amides is 1. The minimum atomic E-state index is -0.152. The molecule has 94 valence electrons. The Morgan fingerprint density at radius 2 is 2.06 bits per heavy atom. The molecule has 18 heavy (non-hydrogen) atoms. The number of halogens is 1. The van der Waals surface area contributed by atoms with Crippen LogP contribution in [0.4, 0.5) is 5.69 Å². The first-order valence-corrected chi connectivity index (χ1v) is 6.40. The van der Waals surface area contributed by atoms with Crippen LogP contribution in [0.2, 0.25) is 0 Å². The Balaban J connectivity index is 1.93. The molecular formula is C13H14BrN3O. The normalized spacial score (nSPS) is 10.3. The van der Waals surface area contributed by atoms with Crippen molar-refractivity contribution in [3.63, 3.8) is 0 Å². The van der Waals surface area contributed by atoms with Crippen LogP contribution in [0.15, 0.2) is 47.2 Å². The number of anilines is 1. The van der Waals surface area contributed by atoms with E-state index < -0.39 is 0 Å². The van der Waals surface area contributed by atoms with Crippen LogP contribution < -0.4 is 11.1 Å². The van der Waals surface area contributed by atoms with Crippen molar-refractivity contribution in [2.75, 3.05) is 12.3 Å². The maximum absolute atomic E-state index is 11.9. The van der Waals surface area contributed by atoms with E-state index in [4.69, 9.17) is 5.73 Å². The fourth-order valence-corrected chi connectivity index (χ4v) is 2.00. The number of nitrogens with two attached hydrogens (primary N) is 1. The summed E-state index contributed by atoms with van der Waals surface area (Å²) in [6, 6.07) is 9.15. The number of hydrogen-bond donors (Lipinski definition) is 2. The minimum absolute atomic E-state index is 0.152. The van der Waals surface area contributed by atoms with E-state index in [2.05, 4.69) is 21.2 Å². The summed E-state index contributed by atoms with van der Waals surface area (Å²) in [5, 5.41) is 2.84. The number of aromatic nitrogens is 1. The molecule has 0 aliphatic carbocycles. The predicted octanol–water partition coefficient (Wildman–Crippen LogP) is 2.26. The highest BCUT2D eigenvalue weighted by Crippen LogP contribution is 2.18. The van der Waals surface area contributed by atoms with Crippen molar-refractivity contribution in [1.82, 2.24) is 9.88 Å². The molecule has 0 radical (unpaired) electrons. The highest BCUT2D eigenvalue weighted by molar-refractivity contribution is 9.10. The van der Waals surface area contributed by atoms with Gasteiger partial charge in [-0.05, 0) is 30.3 Å². The van der Waals surface area contributed by atoms with Crippen LogP contribution in [-0.4, -0.2) is 17.0 Å². The highest BCUT2D eigenvalue weighted by Gasteiger charge is 2.09. The summed E-state index contributed by atoms with van der Waals surface area (Å²) >= 11 is 3.32. The largest absolute Gasteiger partial charge is 0.398 e. The molecule has 0 spiro atoms. The van der Waals surface area contributed by atoms with Gasteiger partial charge in [0.2, 0.25) is 0 Å².